The molecule has 1 N–H and O–H groups in total. The molecule has 3 aliphatic rings. The molecule has 1 amide bonds. The lowest BCUT2D eigenvalue weighted by Gasteiger charge is -2.37. The molecule has 0 radical (unpaired) electrons. The minimum absolute atomic E-state index is 0.130. The third kappa shape index (κ3) is 3.71. The molecule has 1 heterocycles. The van der Waals surface area contributed by atoms with Crippen molar-refractivity contribution in [1.82, 2.24) is 5.32 Å². The highest BCUT2D eigenvalue weighted by molar-refractivity contribution is 5.70. The molecule has 2 aliphatic carbocycles. The van der Waals surface area contributed by atoms with Crippen LogP contribution in [0, 0.1) is 11.3 Å². The molecule has 4 nitrogen and oxygen atoms in total. The van der Waals surface area contributed by atoms with Crippen LogP contribution in [0.5, 0.6) is 5.75 Å². The van der Waals surface area contributed by atoms with Gasteiger partial charge in [0.05, 0.1) is 12.1 Å². The normalized spacial score (nSPS) is 31.6. The van der Waals surface area contributed by atoms with Gasteiger partial charge in [0.15, 0.2) is 0 Å². The van der Waals surface area contributed by atoms with Crippen molar-refractivity contribution in [2.45, 2.75) is 64.3 Å². The number of benzene rings is 1. The summed E-state index contributed by atoms with van der Waals surface area (Å²) in [5, 5.41) is 3.07. The number of carbonyl (C=O) groups is 1. The number of hydrogen-bond donors (Lipinski definition) is 1. The predicted octanol–water partition coefficient (Wildman–Crippen LogP) is 5.11. The Hall–Kier alpha value is -1.97. The zero-order valence-electron chi connectivity index (χ0n) is 16.6. The molecule has 27 heavy (non-hydrogen) atoms. The zero-order valence-corrected chi connectivity index (χ0v) is 16.6. The average Bonchev–Trinajstić information content (AvgIpc) is 3.25. The Labute approximate surface area is 162 Å². The Kier molecular flexibility index (Phi) is 4.92. The van der Waals surface area contributed by atoms with Crippen LogP contribution in [0.4, 0.5) is 4.79 Å². The summed E-state index contributed by atoms with van der Waals surface area (Å²) in [6, 6.07) is 6.53. The van der Waals surface area contributed by atoms with Gasteiger partial charge in [0.2, 0.25) is 0 Å². The molecule has 1 saturated heterocycles. The highest BCUT2D eigenvalue weighted by atomic mass is 16.6. The molecule has 146 valence electrons. The summed E-state index contributed by atoms with van der Waals surface area (Å²) in [5.74, 6) is 1.54. The minimum Gasteiger partial charge on any atom is -0.494 e. The fourth-order valence-corrected chi connectivity index (χ4v) is 4.98. The summed E-state index contributed by atoms with van der Waals surface area (Å²) in [7, 11) is 0. The topological polar surface area (TPSA) is 47.6 Å². The van der Waals surface area contributed by atoms with Gasteiger partial charge >= 0.3 is 6.09 Å². The number of alkyl carbamates (subject to hydrolysis) is 1. The van der Waals surface area contributed by atoms with Crippen LogP contribution in [-0.2, 0) is 11.2 Å². The van der Waals surface area contributed by atoms with Crippen LogP contribution >= 0.6 is 0 Å². The van der Waals surface area contributed by atoms with E-state index in [0.717, 1.165) is 44.5 Å². The van der Waals surface area contributed by atoms with E-state index in [2.05, 4.69) is 49.5 Å². The predicted molar refractivity (Wildman–Crippen MR) is 107 cm³/mol. The van der Waals surface area contributed by atoms with Crippen LogP contribution in [-0.4, -0.2) is 24.8 Å². The van der Waals surface area contributed by atoms with Gasteiger partial charge in [-0.05, 0) is 66.7 Å². The fourth-order valence-electron chi connectivity index (χ4n) is 4.98. The van der Waals surface area contributed by atoms with E-state index in [1.165, 1.54) is 24.0 Å². The van der Waals surface area contributed by atoms with Crippen molar-refractivity contribution in [2.24, 2.45) is 11.3 Å². The van der Waals surface area contributed by atoms with Crippen molar-refractivity contribution in [3.63, 3.8) is 0 Å². The summed E-state index contributed by atoms with van der Waals surface area (Å²) >= 11 is 0. The lowest BCUT2D eigenvalue weighted by molar-refractivity contribution is 0.170. The number of hydrogen-bond acceptors (Lipinski definition) is 3. The number of unbranched alkanes of at least 4 members (excludes halogenated alkanes) is 2. The molecule has 1 aliphatic heterocycles. The number of amides is 1. The van der Waals surface area contributed by atoms with Crippen LogP contribution < -0.4 is 10.1 Å². The molecule has 1 spiro atoms. The van der Waals surface area contributed by atoms with E-state index >= 15 is 0 Å². The van der Waals surface area contributed by atoms with Gasteiger partial charge in [-0.3, -0.25) is 0 Å². The number of rotatable bonds is 6. The third-order valence-corrected chi connectivity index (χ3v) is 6.74. The van der Waals surface area contributed by atoms with Gasteiger partial charge < -0.3 is 14.8 Å². The van der Waals surface area contributed by atoms with Crippen molar-refractivity contribution in [3.05, 3.63) is 35.4 Å². The van der Waals surface area contributed by atoms with Crippen molar-refractivity contribution < 1.29 is 14.3 Å². The number of ether oxygens (including phenoxy) is 2. The van der Waals surface area contributed by atoms with Crippen molar-refractivity contribution in [3.8, 4) is 5.75 Å². The second-order valence-electron chi connectivity index (χ2n) is 8.85. The molecule has 1 aromatic carbocycles. The molecule has 4 rings (SSSR count). The first-order valence-electron chi connectivity index (χ1n) is 10.4. The molecular formula is C23H31NO3. The summed E-state index contributed by atoms with van der Waals surface area (Å²) in [5.41, 5.74) is 2.68. The molecule has 1 saturated carbocycles. The molecule has 1 aromatic rings. The van der Waals surface area contributed by atoms with Gasteiger partial charge in [0.1, 0.15) is 12.4 Å². The Morgan fingerprint density at radius 3 is 3.00 bits per heavy atom. The van der Waals surface area contributed by atoms with E-state index < -0.39 is 0 Å². The lowest BCUT2D eigenvalue weighted by Crippen LogP contribution is -2.42. The summed E-state index contributed by atoms with van der Waals surface area (Å²) in [6.45, 7) is 5.90. The Bertz CT molecular complexity index is 743. The summed E-state index contributed by atoms with van der Waals surface area (Å²) in [6.07, 6.45) is 12.2. The number of fused-ring (bicyclic) bond motifs is 1. The van der Waals surface area contributed by atoms with Crippen molar-refractivity contribution in [2.75, 3.05) is 13.2 Å². The summed E-state index contributed by atoms with van der Waals surface area (Å²) < 4.78 is 11.1. The van der Waals surface area contributed by atoms with E-state index in [4.69, 9.17) is 9.47 Å². The highest BCUT2D eigenvalue weighted by Gasteiger charge is 2.50. The van der Waals surface area contributed by atoms with E-state index in [1.807, 2.05) is 0 Å². The molecule has 0 bridgehead atoms. The second kappa shape index (κ2) is 7.21. The van der Waals surface area contributed by atoms with Gasteiger partial charge in [0, 0.05) is 0 Å². The summed E-state index contributed by atoms with van der Waals surface area (Å²) in [4.78, 5) is 11.5. The monoisotopic (exact) mass is 369 g/mol. The Balaban J connectivity index is 1.42. The van der Waals surface area contributed by atoms with Crippen LogP contribution in [0.15, 0.2) is 24.3 Å². The molecule has 3 atom stereocenters. The maximum absolute atomic E-state index is 11.5. The van der Waals surface area contributed by atoms with E-state index in [1.54, 1.807) is 0 Å². The number of cyclic esters (lactones) is 1. The van der Waals surface area contributed by atoms with Crippen LogP contribution in [0.25, 0.3) is 6.08 Å². The lowest BCUT2D eigenvalue weighted by atomic mass is 9.68. The van der Waals surface area contributed by atoms with Crippen molar-refractivity contribution >= 4 is 12.2 Å². The molecule has 0 aromatic heterocycles. The number of carbonyl (C=O) groups excluding carboxylic acids is 1. The zero-order chi connectivity index (χ0) is 18.9. The first-order chi connectivity index (χ1) is 13.0. The largest absolute Gasteiger partial charge is 0.494 e. The van der Waals surface area contributed by atoms with Crippen LogP contribution in [0.2, 0.25) is 0 Å². The Morgan fingerprint density at radius 1 is 1.33 bits per heavy atom. The maximum atomic E-state index is 11.5. The first kappa shape index (κ1) is 18.4. The quantitative estimate of drug-likeness (QED) is 0.709. The maximum Gasteiger partial charge on any atom is 0.407 e. The van der Waals surface area contributed by atoms with Gasteiger partial charge in [-0.2, -0.15) is 0 Å². The van der Waals surface area contributed by atoms with Crippen molar-refractivity contribution in [1.29, 1.82) is 0 Å². The van der Waals surface area contributed by atoms with E-state index in [-0.39, 0.29) is 17.0 Å². The third-order valence-electron chi connectivity index (χ3n) is 6.74. The van der Waals surface area contributed by atoms with Gasteiger partial charge in [-0.15, -0.1) is 0 Å². The molecular weight excluding hydrogens is 338 g/mol. The van der Waals surface area contributed by atoms with Gasteiger partial charge in [-0.1, -0.05) is 44.9 Å². The number of allylic oxidation sites excluding steroid dienone is 1. The van der Waals surface area contributed by atoms with Gasteiger partial charge in [-0.25, -0.2) is 4.79 Å². The van der Waals surface area contributed by atoms with Crippen LogP contribution in [0.3, 0.4) is 0 Å². The fraction of sp³-hybridized carbons (Fsp3) is 0.609. The van der Waals surface area contributed by atoms with E-state index in [0.29, 0.717) is 12.5 Å². The first-order valence-corrected chi connectivity index (χ1v) is 10.4. The smallest absolute Gasteiger partial charge is 0.407 e. The van der Waals surface area contributed by atoms with Crippen LogP contribution in [0.1, 0.15) is 63.5 Å². The highest BCUT2D eigenvalue weighted by Crippen LogP contribution is 2.50. The van der Waals surface area contributed by atoms with E-state index in [9.17, 15) is 4.79 Å². The average molecular weight is 370 g/mol. The SMILES string of the molecule is CCCCCOc1ccc2c(c1)C=CC(C)([C@@H]1CC[C@]3(COC(=O)N3)C1)C2. The molecule has 4 heteroatoms. The minimum atomic E-state index is -0.253. The standard InChI is InChI=1S/C23H31NO3/c1-3-4-5-12-26-20-7-6-18-14-22(2,10-8-17(18)13-20)19-9-11-23(15-19)16-27-21(25)24-23/h6-8,10,13,19H,3-5,9,11-12,14-16H2,1-2H3,(H,24,25)/t19-,22?,23-/m1/s1. The molecule has 2 fully saturated rings. The number of nitrogens with one attached hydrogen (secondary N) is 1. The Morgan fingerprint density at radius 2 is 2.22 bits per heavy atom. The van der Waals surface area contributed by atoms with Gasteiger partial charge in [0.25, 0.3) is 0 Å². The second-order valence-corrected chi connectivity index (χ2v) is 8.85. The molecule has 1 unspecified atom stereocenters.